The molecule has 0 spiro atoms. The van der Waals surface area contributed by atoms with Crippen LogP contribution in [0.4, 0.5) is 0 Å². The van der Waals surface area contributed by atoms with Crippen LogP contribution < -0.4 is 0 Å². The predicted molar refractivity (Wildman–Crippen MR) is 27.2 cm³/mol. The third-order valence-corrected chi connectivity index (χ3v) is 1.23. The van der Waals surface area contributed by atoms with Gasteiger partial charge in [0.1, 0.15) is 0 Å². The van der Waals surface area contributed by atoms with E-state index >= 15 is 0 Å². The van der Waals surface area contributed by atoms with E-state index in [-0.39, 0.29) is 14.1 Å². The molecule has 2 nitrogen and oxygen atoms in total. The van der Waals surface area contributed by atoms with E-state index in [1.807, 2.05) is 0 Å². The Hall–Kier alpha value is -0.0800. The van der Waals surface area contributed by atoms with Gasteiger partial charge in [0.25, 0.3) is 0 Å². The average Bonchev–Trinajstić information content (AvgIpc) is 2.14. The topological polar surface area (TPSA) is 29.5 Å². The normalized spacial score (nSPS) is 31.3. The average molecular weight is 103 g/mol. The fourth-order valence-electron chi connectivity index (χ4n) is 0.788. The van der Waals surface area contributed by atoms with Crippen molar-refractivity contribution in [2.24, 2.45) is 0 Å². The highest BCUT2D eigenvalue weighted by atomic mass is 16.5. The molecular weight excluding hydrogens is 92.1 g/mol. The highest BCUT2D eigenvalue weighted by Crippen LogP contribution is 2.09. The molecule has 1 heterocycles. The third kappa shape index (κ3) is 1.14. The van der Waals surface area contributed by atoms with Crippen molar-refractivity contribution in [1.29, 1.82) is 0 Å². The minimum atomic E-state index is 0. The SMILES string of the molecule is OCC1CCCO1.[H+]. The van der Waals surface area contributed by atoms with E-state index < -0.39 is 0 Å². The quantitative estimate of drug-likeness (QED) is 0.516. The highest BCUT2D eigenvalue weighted by molar-refractivity contribution is 4.61. The molecule has 0 amide bonds. The zero-order chi connectivity index (χ0) is 5.11. The first-order valence-electron chi connectivity index (χ1n) is 2.66. The summed E-state index contributed by atoms with van der Waals surface area (Å²) in [5.74, 6) is 0. The first-order chi connectivity index (χ1) is 3.43. The van der Waals surface area contributed by atoms with Gasteiger partial charge in [-0.05, 0) is 12.8 Å². The number of rotatable bonds is 1. The van der Waals surface area contributed by atoms with E-state index in [0.717, 1.165) is 19.4 Å². The standard InChI is InChI=1S/C5H10O2/c6-4-5-2-1-3-7-5/h5-6H,1-4H2/p+1. The van der Waals surface area contributed by atoms with Crippen LogP contribution in [0.5, 0.6) is 0 Å². The zero-order valence-electron chi connectivity index (χ0n) is 5.26. The molecule has 0 aromatic carbocycles. The Kier molecular flexibility index (Phi) is 1.65. The van der Waals surface area contributed by atoms with Gasteiger partial charge in [-0.3, -0.25) is 0 Å². The number of hydrogen-bond donors (Lipinski definition) is 1. The van der Waals surface area contributed by atoms with Gasteiger partial charge < -0.3 is 9.84 Å². The molecule has 0 aliphatic carbocycles. The lowest BCUT2D eigenvalue weighted by atomic mass is 10.2. The molecule has 1 atom stereocenters. The van der Waals surface area contributed by atoms with Crippen LogP contribution in [-0.2, 0) is 4.74 Å². The van der Waals surface area contributed by atoms with Crippen LogP contribution in [0, 0.1) is 0 Å². The first kappa shape index (κ1) is 5.06. The fourth-order valence-corrected chi connectivity index (χ4v) is 0.788. The molecule has 0 bridgehead atoms. The van der Waals surface area contributed by atoms with Gasteiger partial charge in [-0.15, -0.1) is 0 Å². The summed E-state index contributed by atoms with van der Waals surface area (Å²) >= 11 is 0. The number of aliphatic hydroxyl groups is 1. The lowest BCUT2D eigenvalue weighted by Crippen LogP contribution is -2.09. The minimum absolute atomic E-state index is 0. The molecule has 1 fully saturated rings. The second kappa shape index (κ2) is 2.28. The van der Waals surface area contributed by atoms with E-state index in [1.165, 1.54) is 0 Å². The Morgan fingerprint density at radius 3 is 3.00 bits per heavy atom. The smallest absolute Gasteiger partial charge is 0.394 e. The molecule has 1 rings (SSSR count). The Bertz CT molecular complexity index is 52.4. The molecule has 1 aliphatic heterocycles. The summed E-state index contributed by atoms with van der Waals surface area (Å²) in [6, 6.07) is 0. The van der Waals surface area contributed by atoms with Gasteiger partial charge in [-0.2, -0.15) is 0 Å². The van der Waals surface area contributed by atoms with E-state index in [2.05, 4.69) is 0 Å². The summed E-state index contributed by atoms with van der Waals surface area (Å²) in [5.41, 5.74) is 0. The Labute approximate surface area is 44.6 Å². The number of aliphatic hydroxyl groups excluding tert-OH is 1. The van der Waals surface area contributed by atoms with Gasteiger partial charge in [0, 0.05) is 6.61 Å². The van der Waals surface area contributed by atoms with Gasteiger partial charge in [0.15, 0.2) is 0 Å². The summed E-state index contributed by atoms with van der Waals surface area (Å²) in [6.07, 6.45) is 2.31. The van der Waals surface area contributed by atoms with Crippen molar-refractivity contribution in [2.75, 3.05) is 13.2 Å². The van der Waals surface area contributed by atoms with Crippen molar-refractivity contribution in [2.45, 2.75) is 18.9 Å². The first-order valence-corrected chi connectivity index (χ1v) is 2.66. The molecule has 0 aromatic heterocycles. The number of hydrogen-bond acceptors (Lipinski definition) is 2. The van der Waals surface area contributed by atoms with Crippen molar-refractivity contribution in [3.63, 3.8) is 0 Å². The Morgan fingerprint density at radius 1 is 1.86 bits per heavy atom. The molecule has 1 saturated heterocycles. The van der Waals surface area contributed by atoms with Gasteiger partial charge in [-0.1, -0.05) is 0 Å². The van der Waals surface area contributed by atoms with Crippen LogP contribution in [0.25, 0.3) is 0 Å². The van der Waals surface area contributed by atoms with Crippen molar-refractivity contribution < 1.29 is 11.3 Å². The van der Waals surface area contributed by atoms with Crippen LogP contribution in [0.15, 0.2) is 0 Å². The monoisotopic (exact) mass is 103 g/mol. The van der Waals surface area contributed by atoms with Crippen molar-refractivity contribution in [1.82, 2.24) is 0 Å². The fraction of sp³-hybridized carbons (Fsp3) is 1.00. The van der Waals surface area contributed by atoms with Gasteiger partial charge in [-0.25, -0.2) is 0 Å². The van der Waals surface area contributed by atoms with Crippen molar-refractivity contribution in [3.05, 3.63) is 0 Å². The van der Waals surface area contributed by atoms with Crippen LogP contribution in [0.2, 0.25) is 0 Å². The minimum Gasteiger partial charge on any atom is -0.394 e. The van der Waals surface area contributed by atoms with Crippen LogP contribution in [0.3, 0.4) is 0 Å². The second-order valence-electron chi connectivity index (χ2n) is 1.82. The third-order valence-electron chi connectivity index (χ3n) is 1.23. The molecule has 0 aromatic rings. The lowest BCUT2D eigenvalue weighted by Gasteiger charge is -2.00. The molecule has 7 heavy (non-hydrogen) atoms. The summed E-state index contributed by atoms with van der Waals surface area (Å²) in [5, 5.41) is 8.44. The Morgan fingerprint density at radius 2 is 2.71 bits per heavy atom. The molecule has 1 N–H and O–H groups in total. The molecular formula is C5H11O2+. The summed E-state index contributed by atoms with van der Waals surface area (Å²) < 4.78 is 5.05. The second-order valence-corrected chi connectivity index (χ2v) is 1.82. The summed E-state index contributed by atoms with van der Waals surface area (Å²) in [6.45, 7) is 1.03. The van der Waals surface area contributed by atoms with Crippen molar-refractivity contribution >= 4 is 0 Å². The molecule has 1 unspecified atom stereocenters. The van der Waals surface area contributed by atoms with E-state index in [0.29, 0.717) is 0 Å². The highest BCUT2D eigenvalue weighted by Gasteiger charge is 2.12. The molecule has 42 valence electrons. The molecule has 2 heteroatoms. The number of ether oxygens (including phenoxy) is 1. The Balaban J connectivity index is 0.000000490. The molecule has 1 aliphatic rings. The van der Waals surface area contributed by atoms with Crippen LogP contribution in [0.1, 0.15) is 14.3 Å². The van der Waals surface area contributed by atoms with E-state index in [1.54, 1.807) is 0 Å². The van der Waals surface area contributed by atoms with E-state index in [9.17, 15) is 0 Å². The molecule has 0 saturated carbocycles. The predicted octanol–water partition coefficient (Wildman–Crippen LogP) is 0.270. The maximum atomic E-state index is 8.44. The maximum Gasteiger partial charge on any atom is 1.00 e. The summed E-state index contributed by atoms with van der Waals surface area (Å²) in [4.78, 5) is 0. The summed E-state index contributed by atoms with van der Waals surface area (Å²) in [7, 11) is 0. The van der Waals surface area contributed by atoms with Crippen LogP contribution in [-0.4, -0.2) is 24.4 Å². The van der Waals surface area contributed by atoms with Crippen molar-refractivity contribution in [3.8, 4) is 0 Å². The van der Waals surface area contributed by atoms with E-state index in [4.69, 9.17) is 9.84 Å². The molecule has 0 radical (unpaired) electrons. The lowest BCUT2D eigenvalue weighted by molar-refractivity contribution is 0.0591. The van der Waals surface area contributed by atoms with Gasteiger partial charge in [0.2, 0.25) is 0 Å². The zero-order valence-corrected chi connectivity index (χ0v) is 4.26. The van der Waals surface area contributed by atoms with Crippen LogP contribution >= 0.6 is 0 Å². The maximum absolute atomic E-state index is 8.44. The van der Waals surface area contributed by atoms with Gasteiger partial charge >= 0.3 is 1.43 Å². The largest absolute Gasteiger partial charge is 1.00 e. The van der Waals surface area contributed by atoms with Gasteiger partial charge in [0.05, 0.1) is 12.7 Å².